The first-order valence-corrected chi connectivity index (χ1v) is 4.79. The van der Waals surface area contributed by atoms with Crippen molar-refractivity contribution < 1.29 is 14.3 Å². The van der Waals surface area contributed by atoms with Crippen LogP contribution in [0.3, 0.4) is 0 Å². The predicted molar refractivity (Wildman–Crippen MR) is 67.3 cm³/mol. The Morgan fingerprint density at radius 1 is 1.41 bits per heavy atom. The van der Waals surface area contributed by atoms with E-state index in [-0.39, 0.29) is 18.3 Å². The summed E-state index contributed by atoms with van der Waals surface area (Å²) in [5.41, 5.74) is 6.30. The van der Waals surface area contributed by atoms with E-state index in [2.05, 4.69) is 10.1 Å². The Morgan fingerprint density at radius 2 is 2.06 bits per heavy atom. The Kier molecular flexibility index (Phi) is 6.23. The Labute approximate surface area is 106 Å². The van der Waals surface area contributed by atoms with Gasteiger partial charge in [0, 0.05) is 5.69 Å². The van der Waals surface area contributed by atoms with Gasteiger partial charge in [0.2, 0.25) is 5.91 Å². The van der Waals surface area contributed by atoms with E-state index in [0.717, 1.165) is 0 Å². The summed E-state index contributed by atoms with van der Waals surface area (Å²) in [7, 11) is 1.30. The van der Waals surface area contributed by atoms with E-state index >= 15 is 0 Å². The van der Waals surface area contributed by atoms with Crippen LogP contribution in [0, 0.1) is 0 Å². The van der Waals surface area contributed by atoms with Crippen LogP contribution < -0.4 is 11.1 Å². The van der Waals surface area contributed by atoms with Crippen LogP contribution in [-0.2, 0) is 9.53 Å². The first-order valence-electron chi connectivity index (χ1n) is 4.79. The number of methoxy groups -OCH3 is 1. The van der Waals surface area contributed by atoms with Gasteiger partial charge in [-0.25, -0.2) is 4.79 Å². The normalized spacial score (nSPS) is 11.0. The number of hydrogen-bond acceptors (Lipinski definition) is 4. The van der Waals surface area contributed by atoms with Gasteiger partial charge in [0.1, 0.15) is 0 Å². The van der Waals surface area contributed by atoms with Gasteiger partial charge in [-0.3, -0.25) is 4.79 Å². The van der Waals surface area contributed by atoms with Gasteiger partial charge < -0.3 is 15.8 Å². The van der Waals surface area contributed by atoms with Gasteiger partial charge in [0.05, 0.1) is 18.7 Å². The van der Waals surface area contributed by atoms with Crippen LogP contribution >= 0.6 is 12.4 Å². The van der Waals surface area contributed by atoms with Crippen molar-refractivity contribution in [2.75, 3.05) is 12.4 Å². The minimum absolute atomic E-state index is 0. The number of halogens is 1. The highest BCUT2D eigenvalue weighted by atomic mass is 35.5. The first kappa shape index (κ1) is 15.4. The van der Waals surface area contributed by atoms with E-state index in [1.54, 1.807) is 25.1 Å². The largest absolute Gasteiger partial charge is 0.465 e. The topological polar surface area (TPSA) is 81.4 Å². The monoisotopic (exact) mass is 258 g/mol. The Hall–Kier alpha value is -1.59. The molecule has 1 unspecified atom stereocenters. The molecule has 0 saturated heterocycles. The second kappa shape index (κ2) is 6.88. The van der Waals surface area contributed by atoms with Gasteiger partial charge in [-0.05, 0) is 25.1 Å². The average Bonchev–Trinajstić information content (AvgIpc) is 2.28. The molecular weight excluding hydrogens is 244 g/mol. The molecule has 0 aliphatic rings. The third-order valence-corrected chi connectivity index (χ3v) is 1.96. The molecule has 0 fully saturated rings. The summed E-state index contributed by atoms with van der Waals surface area (Å²) in [5, 5.41) is 2.59. The summed E-state index contributed by atoms with van der Waals surface area (Å²) in [6.07, 6.45) is 0. The number of ether oxygens (including phenoxy) is 1. The highest BCUT2D eigenvalue weighted by Crippen LogP contribution is 2.11. The number of carbonyl (C=O) groups is 2. The summed E-state index contributed by atoms with van der Waals surface area (Å²) >= 11 is 0. The molecule has 6 heteroatoms. The Balaban J connectivity index is 0.00000256. The zero-order valence-corrected chi connectivity index (χ0v) is 10.4. The summed E-state index contributed by atoms with van der Waals surface area (Å²) in [4.78, 5) is 22.5. The number of hydrogen-bond donors (Lipinski definition) is 2. The van der Waals surface area contributed by atoms with Crippen LogP contribution in [0.2, 0.25) is 0 Å². The number of rotatable bonds is 3. The Morgan fingerprint density at radius 3 is 2.59 bits per heavy atom. The van der Waals surface area contributed by atoms with Gasteiger partial charge in [-0.15, -0.1) is 12.4 Å². The number of esters is 1. The van der Waals surface area contributed by atoms with E-state index in [0.29, 0.717) is 11.3 Å². The quantitative estimate of drug-likeness (QED) is 0.798. The zero-order valence-electron chi connectivity index (χ0n) is 9.60. The predicted octanol–water partition coefficient (Wildman–Crippen LogP) is 1.18. The van der Waals surface area contributed by atoms with Crippen molar-refractivity contribution in [3.63, 3.8) is 0 Å². The number of anilines is 1. The second-order valence-electron chi connectivity index (χ2n) is 3.35. The number of carbonyl (C=O) groups excluding carboxylic acids is 2. The SMILES string of the molecule is COC(=O)c1cccc(NC(=O)C(C)N)c1.Cl. The lowest BCUT2D eigenvalue weighted by Gasteiger charge is -2.08. The summed E-state index contributed by atoms with van der Waals surface area (Å²) in [6.45, 7) is 1.58. The van der Waals surface area contributed by atoms with Crippen molar-refractivity contribution in [1.82, 2.24) is 0 Å². The molecule has 1 rings (SSSR count). The Bertz CT molecular complexity index is 407. The molecular formula is C11H15ClN2O3. The molecule has 94 valence electrons. The number of nitrogens with one attached hydrogen (secondary N) is 1. The number of nitrogens with two attached hydrogens (primary N) is 1. The third kappa shape index (κ3) is 4.42. The molecule has 0 aromatic heterocycles. The first-order chi connectivity index (χ1) is 7.54. The lowest BCUT2D eigenvalue weighted by molar-refractivity contribution is -0.117. The van der Waals surface area contributed by atoms with E-state index < -0.39 is 12.0 Å². The fourth-order valence-electron chi connectivity index (χ4n) is 1.10. The molecule has 1 aromatic rings. The maximum atomic E-state index is 11.3. The minimum Gasteiger partial charge on any atom is -0.465 e. The number of benzene rings is 1. The van der Waals surface area contributed by atoms with Crippen molar-refractivity contribution in [2.45, 2.75) is 13.0 Å². The summed E-state index contributed by atoms with van der Waals surface area (Å²) < 4.78 is 4.57. The van der Waals surface area contributed by atoms with Crippen molar-refractivity contribution in [3.05, 3.63) is 29.8 Å². The highest BCUT2D eigenvalue weighted by molar-refractivity contribution is 5.96. The molecule has 1 aromatic carbocycles. The van der Waals surface area contributed by atoms with Crippen molar-refractivity contribution >= 4 is 30.0 Å². The number of amides is 1. The van der Waals surface area contributed by atoms with E-state index in [1.807, 2.05) is 0 Å². The standard InChI is InChI=1S/C11H14N2O3.ClH/c1-7(12)10(14)13-9-5-3-4-8(6-9)11(15)16-2;/h3-7H,12H2,1-2H3,(H,13,14);1H. The molecule has 0 aliphatic heterocycles. The van der Waals surface area contributed by atoms with E-state index in [4.69, 9.17) is 5.73 Å². The molecule has 0 saturated carbocycles. The zero-order chi connectivity index (χ0) is 12.1. The lowest BCUT2D eigenvalue weighted by Crippen LogP contribution is -2.32. The summed E-state index contributed by atoms with van der Waals surface area (Å²) in [5.74, 6) is -0.751. The van der Waals surface area contributed by atoms with Gasteiger partial charge in [0.25, 0.3) is 0 Å². The average molecular weight is 259 g/mol. The summed E-state index contributed by atoms with van der Waals surface area (Å²) in [6, 6.07) is 5.87. The van der Waals surface area contributed by atoms with Crippen molar-refractivity contribution in [3.8, 4) is 0 Å². The molecule has 0 bridgehead atoms. The third-order valence-electron chi connectivity index (χ3n) is 1.96. The smallest absolute Gasteiger partial charge is 0.337 e. The van der Waals surface area contributed by atoms with Crippen LogP contribution in [0.5, 0.6) is 0 Å². The maximum Gasteiger partial charge on any atom is 0.337 e. The van der Waals surface area contributed by atoms with Crippen molar-refractivity contribution in [1.29, 1.82) is 0 Å². The molecule has 1 atom stereocenters. The van der Waals surface area contributed by atoms with Gasteiger partial charge >= 0.3 is 5.97 Å². The van der Waals surface area contributed by atoms with E-state index in [9.17, 15) is 9.59 Å². The fraction of sp³-hybridized carbons (Fsp3) is 0.273. The molecule has 3 N–H and O–H groups in total. The molecule has 5 nitrogen and oxygen atoms in total. The minimum atomic E-state index is -0.596. The molecule has 0 radical (unpaired) electrons. The molecule has 0 spiro atoms. The van der Waals surface area contributed by atoms with Crippen LogP contribution in [0.15, 0.2) is 24.3 Å². The van der Waals surface area contributed by atoms with Crippen molar-refractivity contribution in [2.24, 2.45) is 5.73 Å². The second-order valence-corrected chi connectivity index (χ2v) is 3.35. The van der Waals surface area contributed by atoms with Crippen LogP contribution in [0.1, 0.15) is 17.3 Å². The molecule has 0 aliphatic carbocycles. The van der Waals surface area contributed by atoms with Crippen LogP contribution in [0.25, 0.3) is 0 Å². The van der Waals surface area contributed by atoms with E-state index in [1.165, 1.54) is 13.2 Å². The molecule has 17 heavy (non-hydrogen) atoms. The molecule has 1 amide bonds. The highest BCUT2D eigenvalue weighted by Gasteiger charge is 2.09. The van der Waals surface area contributed by atoms with Gasteiger partial charge in [-0.1, -0.05) is 6.07 Å². The van der Waals surface area contributed by atoms with Crippen LogP contribution in [0.4, 0.5) is 5.69 Å². The van der Waals surface area contributed by atoms with Crippen LogP contribution in [-0.4, -0.2) is 25.0 Å². The fourth-order valence-corrected chi connectivity index (χ4v) is 1.10. The van der Waals surface area contributed by atoms with Gasteiger partial charge in [-0.2, -0.15) is 0 Å². The lowest BCUT2D eigenvalue weighted by atomic mass is 10.2. The maximum absolute atomic E-state index is 11.3. The van der Waals surface area contributed by atoms with Gasteiger partial charge in [0.15, 0.2) is 0 Å². The molecule has 0 heterocycles.